The number of methoxy groups -OCH3 is 1. The van der Waals surface area contributed by atoms with Crippen LogP contribution < -0.4 is 0 Å². The Morgan fingerprint density at radius 1 is 0.909 bits per heavy atom. The lowest BCUT2D eigenvalue weighted by Gasteiger charge is -2.48. The largest absolute Gasteiger partial charge is 0.461 e. The lowest BCUT2D eigenvalue weighted by molar-refractivity contribution is -0.301. The molecule has 0 radical (unpaired) electrons. The number of likely N-dealkylation sites (N-methyl/N-ethyl adjacent to an activating group) is 1. The lowest BCUT2D eigenvalue weighted by Crippen LogP contribution is -2.60. The molecule has 5 rings (SSSR count). The van der Waals surface area contributed by atoms with Crippen LogP contribution in [0.3, 0.4) is 0 Å². The topological polar surface area (TPSA) is 169 Å². The molecule has 0 bridgehead atoms. The second kappa shape index (κ2) is 22.6. The summed E-state index contributed by atoms with van der Waals surface area (Å²) in [6, 6.07) is 25.4. The summed E-state index contributed by atoms with van der Waals surface area (Å²) >= 11 is 0. The molecule has 3 aromatic carbocycles. The van der Waals surface area contributed by atoms with Crippen LogP contribution in [0.1, 0.15) is 98.3 Å². The van der Waals surface area contributed by atoms with E-state index in [1.165, 1.54) is 6.92 Å². The molecule has 0 aliphatic carbocycles. The van der Waals surface area contributed by atoms with Crippen molar-refractivity contribution in [1.29, 1.82) is 0 Å². The van der Waals surface area contributed by atoms with Gasteiger partial charge in [0.1, 0.15) is 23.9 Å². The minimum absolute atomic E-state index is 0.0604. The van der Waals surface area contributed by atoms with Gasteiger partial charge >= 0.3 is 11.9 Å². The number of aliphatic hydroxyl groups excluding tert-OH is 2. The summed E-state index contributed by atoms with van der Waals surface area (Å²) in [7, 11) is 5.35. The molecule has 2 aliphatic heterocycles. The molecule has 66 heavy (non-hydrogen) atoms. The molecule has 362 valence electrons. The average molecular weight is 914 g/mol. The molecule has 2 saturated heterocycles. The SMILES string of the molecule is CCC1OC(=O)C(C)C(OC(=O)Cc2ccc(C)cc2)C(C)C(OC2OC(C)CC(N(C)C)C2O)C(C)(OC)CC(C)C(=NN=C(C)c2ccc(-c3ccccc3)cc2)C(C)C(O)C1(C)O. The third-order valence-electron chi connectivity index (χ3n) is 14.0. The number of rotatable bonds is 11. The predicted octanol–water partition coefficient (Wildman–Crippen LogP) is 7.58. The van der Waals surface area contributed by atoms with Crippen molar-refractivity contribution in [3.05, 3.63) is 95.6 Å². The van der Waals surface area contributed by atoms with Crippen LogP contribution in [0.15, 0.2) is 89.1 Å². The molecule has 2 fully saturated rings. The molecule has 13 heteroatoms. The number of cyclic esters (lactones) is 1. The van der Waals surface area contributed by atoms with Crippen LogP contribution in [-0.4, -0.2) is 125 Å². The first-order valence-corrected chi connectivity index (χ1v) is 23.5. The number of carbonyl (C=O) groups excluding carboxylic acids is 2. The lowest BCUT2D eigenvalue weighted by atomic mass is 9.73. The highest BCUT2D eigenvalue weighted by Crippen LogP contribution is 2.40. The van der Waals surface area contributed by atoms with Gasteiger partial charge in [0.25, 0.3) is 0 Å². The van der Waals surface area contributed by atoms with Crippen molar-refractivity contribution in [3.63, 3.8) is 0 Å². The Bertz CT molecular complexity index is 2110. The van der Waals surface area contributed by atoms with Crippen LogP contribution in [0.4, 0.5) is 0 Å². The van der Waals surface area contributed by atoms with Gasteiger partial charge in [0.2, 0.25) is 0 Å². The van der Waals surface area contributed by atoms with E-state index in [-0.39, 0.29) is 31.4 Å². The van der Waals surface area contributed by atoms with Crippen molar-refractivity contribution in [2.45, 2.75) is 155 Å². The van der Waals surface area contributed by atoms with Crippen LogP contribution in [0.2, 0.25) is 0 Å². The van der Waals surface area contributed by atoms with Gasteiger partial charge in [-0.25, -0.2) is 0 Å². The maximum Gasteiger partial charge on any atom is 0.312 e. The highest BCUT2D eigenvalue weighted by atomic mass is 16.7. The summed E-state index contributed by atoms with van der Waals surface area (Å²) in [5.74, 6) is -4.48. The van der Waals surface area contributed by atoms with Crippen molar-refractivity contribution in [3.8, 4) is 11.1 Å². The van der Waals surface area contributed by atoms with Crippen molar-refractivity contribution >= 4 is 23.4 Å². The Labute approximate surface area is 392 Å². The summed E-state index contributed by atoms with van der Waals surface area (Å²) in [5, 5.41) is 45.8. The van der Waals surface area contributed by atoms with Crippen LogP contribution >= 0.6 is 0 Å². The van der Waals surface area contributed by atoms with Gasteiger partial charge in [-0.15, -0.1) is 0 Å². The molecule has 0 aromatic heterocycles. The number of aliphatic hydroxyl groups is 3. The van der Waals surface area contributed by atoms with Crippen LogP contribution in [0.25, 0.3) is 11.1 Å². The van der Waals surface area contributed by atoms with Gasteiger partial charge in [-0.3, -0.25) is 9.59 Å². The molecule has 0 saturated carbocycles. The molecule has 2 aliphatic rings. The monoisotopic (exact) mass is 914 g/mol. The van der Waals surface area contributed by atoms with E-state index in [2.05, 4.69) is 12.1 Å². The van der Waals surface area contributed by atoms with E-state index in [0.29, 0.717) is 17.8 Å². The van der Waals surface area contributed by atoms with E-state index >= 15 is 0 Å². The third-order valence-corrected chi connectivity index (χ3v) is 14.0. The van der Waals surface area contributed by atoms with Gasteiger partial charge < -0.3 is 43.9 Å². The zero-order valence-corrected chi connectivity index (χ0v) is 41.3. The number of hydrogen-bond acceptors (Lipinski definition) is 13. The van der Waals surface area contributed by atoms with Gasteiger partial charge in [0, 0.05) is 30.7 Å². The van der Waals surface area contributed by atoms with E-state index in [0.717, 1.165) is 27.8 Å². The number of hydrogen-bond donors (Lipinski definition) is 3. The molecule has 14 unspecified atom stereocenters. The van der Waals surface area contributed by atoms with E-state index in [1.54, 1.807) is 27.9 Å². The number of nitrogens with zero attached hydrogens (tertiary/aromatic N) is 3. The molecule has 2 heterocycles. The van der Waals surface area contributed by atoms with E-state index in [1.807, 2.05) is 127 Å². The fourth-order valence-electron chi connectivity index (χ4n) is 9.77. The molecule has 0 amide bonds. The van der Waals surface area contributed by atoms with Gasteiger partial charge in [-0.05, 0) is 103 Å². The quantitative estimate of drug-likeness (QED) is 0.0986. The molecule has 3 N–H and O–H groups in total. The number of aryl methyl sites for hydroxylation is 1. The molecular formula is C53H75N3O10. The Morgan fingerprint density at radius 2 is 1.53 bits per heavy atom. The van der Waals surface area contributed by atoms with Crippen LogP contribution in [-0.2, 0) is 39.7 Å². The summed E-state index contributed by atoms with van der Waals surface area (Å²) in [6.45, 7) is 18.0. The fraction of sp³-hybridized carbons (Fsp3) is 0.585. The molecule has 0 spiro atoms. The maximum absolute atomic E-state index is 14.4. The van der Waals surface area contributed by atoms with Gasteiger partial charge in [0.05, 0.1) is 42.0 Å². The van der Waals surface area contributed by atoms with Crippen LogP contribution in [0.5, 0.6) is 0 Å². The van der Waals surface area contributed by atoms with E-state index in [4.69, 9.17) is 33.9 Å². The van der Waals surface area contributed by atoms with Crippen molar-refractivity contribution in [2.24, 2.45) is 33.9 Å². The minimum atomic E-state index is -1.95. The Balaban J connectivity index is 1.64. The number of benzene rings is 3. The molecule has 14 atom stereocenters. The molecular weight excluding hydrogens is 839 g/mol. The smallest absolute Gasteiger partial charge is 0.312 e. The average Bonchev–Trinajstić information content (AvgIpc) is 3.29. The second-order valence-corrected chi connectivity index (χ2v) is 19.5. The van der Waals surface area contributed by atoms with E-state index < -0.39 is 83.6 Å². The number of carbonyl (C=O) groups is 2. The molecule has 3 aromatic rings. The van der Waals surface area contributed by atoms with Crippen molar-refractivity contribution in [1.82, 2.24) is 4.90 Å². The Hall–Kier alpha value is -4.34. The second-order valence-electron chi connectivity index (χ2n) is 19.5. The highest BCUT2D eigenvalue weighted by Gasteiger charge is 2.52. The van der Waals surface area contributed by atoms with Gasteiger partial charge in [-0.1, -0.05) is 112 Å². The first-order chi connectivity index (χ1) is 31.1. The molecule has 13 nitrogen and oxygen atoms in total. The first-order valence-electron chi connectivity index (χ1n) is 23.5. The van der Waals surface area contributed by atoms with Crippen LogP contribution in [0, 0.1) is 30.6 Å². The summed E-state index contributed by atoms with van der Waals surface area (Å²) < 4.78 is 32.3. The van der Waals surface area contributed by atoms with Crippen molar-refractivity contribution in [2.75, 3.05) is 21.2 Å². The van der Waals surface area contributed by atoms with Gasteiger partial charge in [0.15, 0.2) is 6.29 Å². The van der Waals surface area contributed by atoms with Gasteiger partial charge in [-0.2, -0.15) is 10.2 Å². The number of esters is 2. The highest BCUT2D eigenvalue weighted by molar-refractivity contribution is 6.00. The predicted molar refractivity (Wildman–Crippen MR) is 257 cm³/mol. The third kappa shape index (κ3) is 12.4. The minimum Gasteiger partial charge on any atom is -0.461 e. The zero-order chi connectivity index (χ0) is 48.7. The fourth-order valence-corrected chi connectivity index (χ4v) is 9.77. The summed E-state index contributed by atoms with van der Waals surface area (Å²) in [5.41, 5.74) is 2.66. The Morgan fingerprint density at radius 3 is 2.12 bits per heavy atom. The summed E-state index contributed by atoms with van der Waals surface area (Å²) in [4.78, 5) is 30.4. The Kier molecular flexibility index (Phi) is 18.1. The first kappa shape index (κ1) is 52.6. The number of ether oxygens (including phenoxy) is 5. The van der Waals surface area contributed by atoms with E-state index in [9.17, 15) is 24.9 Å². The maximum atomic E-state index is 14.4. The summed E-state index contributed by atoms with van der Waals surface area (Å²) in [6.07, 6.45) is -6.39. The standard InChI is InChI=1S/C53H75N3O10/c1-14-43-53(10,61)48(59)34(5)45(55-54-37(8)39-24-26-41(27-25-39)40-18-16-15-17-19-40)32(3)30-52(9,62-13)49(66-51-46(58)42(56(11)12)28-33(4)63-51)35(6)47(36(7)50(60)64-43)65-44(57)29-38-22-20-31(2)21-23-38/h15-27,32-36,42-43,46-49,51,58-59,61H,14,28-30H2,1-13H3. The van der Waals surface area contributed by atoms with Crippen molar-refractivity contribution < 1.29 is 48.6 Å². The normalized spacial score (nSPS) is 34.7. The zero-order valence-electron chi connectivity index (χ0n) is 41.3.